The van der Waals surface area contributed by atoms with Gasteiger partial charge < -0.3 is 10.0 Å². The molecule has 1 aromatic carbocycles. The minimum absolute atomic E-state index is 0.296. The number of unbranched alkanes of at least 4 members (excludes halogenated alkanes) is 1. The summed E-state index contributed by atoms with van der Waals surface area (Å²) in [5.74, 6) is -0.910. The Kier molecular flexibility index (Phi) is 5.22. The highest BCUT2D eigenvalue weighted by molar-refractivity contribution is 9.10. The van der Waals surface area contributed by atoms with E-state index in [1.54, 1.807) is 12.1 Å². The van der Waals surface area contributed by atoms with Crippen LogP contribution in [0.15, 0.2) is 35.3 Å². The largest absolute Gasteiger partial charge is 0.478 e. The SMILES string of the molecule is C=CCCCN(C)c1cc(Br)cc(C(=O)O)c1. The maximum atomic E-state index is 10.9. The molecule has 0 aliphatic carbocycles. The van der Waals surface area contributed by atoms with E-state index in [2.05, 4.69) is 22.5 Å². The van der Waals surface area contributed by atoms with Crippen LogP contribution in [-0.2, 0) is 0 Å². The molecular weight excluding hydrogens is 282 g/mol. The van der Waals surface area contributed by atoms with E-state index in [-0.39, 0.29) is 0 Å². The fraction of sp³-hybridized carbons (Fsp3) is 0.308. The molecule has 0 saturated heterocycles. The molecule has 0 saturated carbocycles. The number of anilines is 1. The van der Waals surface area contributed by atoms with Gasteiger partial charge in [0.1, 0.15) is 0 Å². The van der Waals surface area contributed by atoms with Gasteiger partial charge in [0, 0.05) is 23.8 Å². The molecule has 92 valence electrons. The van der Waals surface area contributed by atoms with Crippen LogP contribution in [0, 0.1) is 0 Å². The number of hydrogen-bond acceptors (Lipinski definition) is 2. The Balaban J connectivity index is 2.82. The van der Waals surface area contributed by atoms with Gasteiger partial charge >= 0.3 is 5.97 Å². The number of carboxylic acids is 1. The molecule has 0 fully saturated rings. The minimum Gasteiger partial charge on any atom is -0.478 e. The second kappa shape index (κ2) is 6.45. The van der Waals surface area contributed by atoms with Crippen LogP contribution in [-0.4, -0.2) is 24.7 Å². The van der Waals surface area contributed by atoms with Crippen LogP contribution in [0.1, 0.15) is 23.2 Å². The van der Waals surface area contributed by atoms with Crippen LogP contribution in [0.2, 0.25) is 0 Å². The molecule has 1 rings (SSSR count). The van der Waals surface area contributed by atoms with E-state index >= 15 is 0 Å². The van der Waals surface area contributed by atoms with Gasteiger partial charge in [0.05, 0.1) is 5.56 Å². The quantitative estimate of drug-likeness (QED) is 0.645. The van der Waals surface area contributed by atoms with Gasteiger partial charge in [-0.3, -0.25) is 0 Å². The van der Waals surface area contributed by atoms with Crippen molar-refractivity contribution in [3.8, 4) is 0 Å². The van der Waals surface area contributed by atoms with Gasteiger partial charge in [-0.2, -0.15) is 0 Å². The van der Waals surface area contributed by atoms with Crippen LogP contribution < -0.4 is 4.90 Å². The molecule has 0 aliphatic rings. The Morgan fingerprint density at radius 1 is 1.53 bits per heavy atom. The number of rotatable bonds is 6. The van der Waals surface area contributed by atoms with Gasteiger partial charge in [0.25, 0.3) is 0 Å². The van der Waals surface area contributed by atoms with Gasteiger partial charge in [0.2, 0.25) is 0 Å². The summed E-state index contributed by atoms with van der Waals surface area (Å²) in [5, 5.41) is 8.98. The third-order valence-electron chi connectivity index (χ3n) is 2.47. The van der Waals surface area contributed by atoms with Crippen molar-refractivity contribution in [1.29, 1.82) is 0 Å². The lowest BCUT2D eigenvalue weighted by molar-refractivity contribution is 0.0697. The van der Waals surface area contributed by atoms with Crippen molar-refractivity contribution < 1.29 is 9.90 Å². The molecule has 0 radical (unpaired) electrons. The molecule has 1 N–H and O–H groups in total. The van der Waals surface area contributed by atoms with Crippen LogP contribution in [0.4, 0.5) is 5.69 Å². The lowest BCUT2D eigenvalue weighted by Gasteiger charge is -2.19. The third-order valence-corrected chi connectivity index (χ3v) is 2.93. The van der Waals surface area contributed by atoms with Gasteiger partial charge in [-0.1, -0.05) is 22.0 Å². The molecule has 4 heteroatoms. The Bertz CT molecular complexity index is 418. The highest BCUT2D eigenvalue weighted by Gasteiger charge is 2.08. The van der Waals surface area contributed by atoms with Crippen molar-refractivity contribution in [2.45, 2.75) is 12.8 Å². The zero-order chi connectivity index (χ0) is 12.8. The Hall–Kier alpha value is -1.29. The number of carbonyl (C=O) groups is 1. The lowest BCUT2D eigenvalue weighted by Crippen LogP contribution is -2.18. The summed E-state index contributed by atoms with van der Waals surface area (Å²) in [6, 6.07) is 5.20. The topological polar surface area (TPSA) is 40.5 Å². The first-order chi connectivity index (χ1) is 8.04. The first-order valence-corrected chi connectivity index (χ1v) is 6.20. The van der Waals surface area contributed by atoms with Crippen molar-refractivity contribution in [2.24, 2.45) is 0 Å². The van der Waals surface area contributed by atoms with E-state index in [9.17, 15) is 4.79 Å². The summed E-state index contributed by atoms with van der Waals surface area (Å²) in [7, 11) is 1.95. The first kappa shape index (κ1) is 13.8. The van der Waals surface area contributed by atoms with Crippen molar-refractivity contribution in [3.63, 3.8) is 0 Å². The highest BCUT2D eigenvalue weighted by Crippen LogP contribution is 2.22. The number of allylic oxidation sites excluding steroid dienone is 1. The zero-order valence-corrected chi connectivity index (χ0v) is 11.4. The molecule has 17 heavy (non-hydrogen) atoms. The molecule has 0 unspecified atom stereocenters. The predicted molar refractivity (Wildman–Crippen MR) is 73.8 cm³/mol. The molecule has 3 nitrogen and oxygen atoms in total. The van der Waals surface area contributed by atoms with E-state index in [1.165, 1.54) is 0 Å². The normalized spacial score (nSPS) is 10.0. The summed E-state index contributed by atoms with van der Waals surface area (Å²) in [4.78, 5) is 13.0. The van der Waals surface area contributed by atoms with E-state index in [1.807, 2.05) is 24.1 Å². The number of aromatic carboxylic acids is 1. The molecule has 0 heterocycles. The van der Waals surface area contributed by atoms with Crippen LogP contribution in [0.25, 0.3) is 0 Å². The Morgan fingerprint density at radius 2 is 2.24 bits per heavy atom. The van der Waals surface area contributed by atoms with E-state index in [0.717, 1.165) is 29.5 Å². The number of halogens is 1. The predicted octanol–water partition coefficient (Wildman–Crippen LogP) is 3.55. The van der Waals surface area contributed by atoms with E-state index in [0.29, 0.717) is 5.56 Å². The number of benzene rings is 1. The Labute approximate surface area is 110 Å². The Morgan fingerprint density at radius 3 is 2.82 bits per heavy atom. The zero-order valence-electron chi connectivity index (χ0n) is 9.82. The first-order valence-electron chi connectivity index (χ1n) is 5.40. The number of hydrogen-bond donors (Lipinski definition) is 1. The maximum absolute atomic E-state index is 10.9. The van der Waals surface area contributed by atoms with Crippen LogP contribution >= 0.6 is 15.9 Å². The fourth-order valence-corrected chi connectivity index (χ4v) is 2.00. The van der Waals surface area contributed by atoms with Gasteiger partial charge in [-0.15, -0.1) is 6.58 Å². The number of carboxylic acid groups (broad SMARTS) is 1. The molecule has 0 aromatic heterocycles. The third kappa shape index (κ3) is 4.23. The summed E-state index contributed by atoms with van der Waals surface area (Å²) >= 11 is 3.33. The van der Waals surface area contributed by atoms with Crippen LogP contribution in [0.5, 0.6) is 0 Å². The average molecular weight is 298 g/mol. The molecule has 0 bridgehead atoms. The van der Waals surface area contributed by atoms with Crippen LogP contribution in [0.3, 0.4) is 0 Å². The summed E-state index contributed by atoms with van der Waals surface area (Å²) < 4.78 is 0.781. The monoisotopic (exact) mass is 297 g/mol. The second-order valence-electron chi connectivity index (χ2n) is 3.86. The van der Waals surface area contributed by atoms with Crippen molar-refractivity contribution in [3.05, 3.63) is 40.9 Å². The summed E-state index contributed by atoms with van der Waals surface area (Å²) in [6.07, 6.45) is 3.86. The lowest BCUT2D eigenvalue weighted by atomic mass is 10.2. The second-order valence-corrected chi connectivity index (χ2v) is 4.77. The standard InChI is InChI=1S/C13H16BrNO2/c1-3-4-5-6-15(2)12-8-10(13(16)17)7-11(14)9-12/h3,7-9H,1,4-6H2,2H3,(H,16,17). The summed E-state index contributed by atoms with van der Waals surface area (Å²) in [5.41, 5.74) is 1.20. The molecule has 0 amide bonds. The number of nitrogens with zero attached hydrogens (tertiary/aromatic N) is 1. The molecule has 0 spiro atoms. The highest BCUT2D eigenvalue weighted by atomic mass is 79.9. The molecular formula is C13H16BrNO2. The molecule has 0 atom stereocenters. The molecule has 0 aliphatic heterocycles. The van der Waals surface area contributed by atoms with Gasteiger partial charge in [-0.25, -0.2) is 4.79 Å². The van der Waals surface area contributed by atoms with Gasteiger partial charge in [0.15, 0.2) is 0 Å². The maximum Gasteiger partial charge on any atom is 0.335 e. The van der Waals surface area contributed by atoms with E-state index < -0.39 is 5.97 Å². The van der Waals surface area contributed by atoms with Crippen molar-refractivity contribution >= 4 is 27.6 Å². The van der Waals surface area contributed by atoms with Crippen molar-refractivity contribution in [1.82, 2.24) is 0 Å². The fourth-order valence-electron chi connectivity index (χ4n) is 1.52. The molecule has 1 aromatic rings. The average Bonchev–Trinajstić information content (AvgIpc) is 2.28. The smallest absolute Gasteiger partial charge is 0.335 e. The summed E-state index contributed by atoms with van der Waals surface area (Å²) in [6.45, 7) is 4.55. The van der Waals surface area contributed by atoms with E-state index in [4.69, 9.17) is 5.11 Å². The minimum atomic E-state index is -0.910. The van der Waals surface area contributed by atoms with Gasteiger partial charge in [-0.05, 0) is 31.0 Å². The van der Waals surface area contributed by atoms with Crippen molar-refractivity contribution in [2.75, 3.05) is 18.5 Å².